The molecule has 1 heterocycles. The van der Waals surface area contributed by atoms with Crippen LogP contribution in [0.15, 0.2) is 35.2 Å². The third-order valence-electron chi connectivity index (χ3n) is 2.55. The zero-order chi connectivity index (χ0) is 13.5. The van der Waals surface area contributed by atoms with Gasteiger partial charge in [0.2, 0.25) is 6.39 Å². The summed E-state index contributed by atoms with van der Waals surface area (Å²) >= 11 is 0. The Hall–Kier alpha value is -2.37. The predicted molar refractivity (Wildman–Crippen MR) is 70.7 cm³/mol. The van der Waals surface area contributed by atoms with E-state index in [9.17, 15) is 4.79 Å². The number of nitrogens with one attached hydrogen (secondary N) is 2. The molecule has 19 heavy (non-hydrogen) atoms. The number of nitrogens with zero attached hydrogens (tertiary/aromatic N) is 2. The fraction of sp³-hybridized carbons (Fsp3) is 0.308. The molecule has 0 aliphatic heterocycles. The van der Waals surface area contributed by atoms with E-state index in [2.05, 4.69) is 32.2 Å². The van der Waals surface area contributed by atoms with Gasteiger partial charge in [-0.05, 0) is 18.6 Å². The maximum Gasteiger partial charge on any atom is 0.253 e. The molecule has 2 N–H and O–H groups in total. The van der Waals surface area contributed by atoms with Gasteiger partial charge < -0.3 is 15.2 Å². The Morgan fingerprint density at radius 2 is 2.21 bits per heavy atom. The molecule has 0 aliphatic rings. The number of anilines is 1. The zero-order valence-corrected chi connectivity index (χ0v) is 10.7. The molecule has 0 saturated carbocycles. The van der Waals surface area contributed by atoms with Crippen molar-refractivity contribution in [3.8, 4) is 0 Å². The number of carbonyl (C=O) groups excluding carboxylic acids is 1. The van der Waals surface area contributed by atoms with Crippen molar-refractivity contribution in [1.82, 2.24) is 15.5 Å². The number of benzene rings is 1. The monoisotopic (exact) mass is 260 g/mol. The zero-order valence-electron chi connectivity index (χ0n) is 10.7. The Bertz CT molecular complexity index is 525. The van der Waals surface area contributed by atoms with Crippen LogP contribution in [0.1, 0.15) is 29.5 Å². The first-order valence-electron chi connectivity index (χ1n) is 6.17. The molecule has 0 bridgehead atoms. The molecule has 1 aromatic carbocycles. The summed E-state index contributed by atoms with van der Waals surface area (Å²) in [6.45, 7) is 3.15. The molecule has 0 atom stereocenters. The van der Waals surface area contributed by atoms with Crippen molar-refractivity contribution in [2.75, 3.05) is 11.9 Å². The highest BCUT2D eigenvalue weighted by molar-refractivity contribution is 5.99. The third kappa shape index (κ3) is 3.54. The molecule has 0 radical (unpaired) electrons. The van der Waals surface area contributed by atoms with Crippen molar-refractivity contribution in [2.45, 2.75) is 19.9 Å². The quantitative estimate of drug-likeness (QED) is 0.828. The van der Waals surface area contributed by atoms with Gasteiger partial charge in [0, 0.05) is 12.2 Å². The summed E-state index contributed by atoms with van der Waals surface area (Å²) in [5.74, 6) is 0.288. The van der Waals surface area contributed by atoms with E-state index < -0.39 is 0 Å². The molecule has 0 spiro atoms. The SMILES string of the molecule is CCCNc1ccccc1C(=O)NCc1ncon1. The molecule has 100 valence electrons. The van der Waals surface area contributed by atoms with Gasteiger partial charge in [-0.3, -0.25) is 4.79 Å². The summed E-state index contributed by atoms with van der Waals surface area (Å²) in [7, 11) is 0. The van der Waals surface area contributed by atoms with Gasteiger partial charge in [0.05, 0.1) is 12.1 Å². The van der Waals surface area contributed by atoms with Gasteiger partial charge in [0.25, 0.3) is 5.91 Å². The van der Waals surface area contributed by atoms with Gasteiger partial charge in [0.15, 0.2) is 5.82 Å². The van der Waals surface area contributed by atoms with Crippen LogP contribution < -0.4 is 10.6 Å². The summed E-state index contributed by atoms with van der Waals surface area (Å²) in [6, 6.07) is 7.40. The van der Waals surface area contributed by atoms with Gasteiger partial charge in [-0.2, -0.15) is 4.98 Å². The van der Waals surface area contributed by atoms with Crippen LogP contribution in [0, 0.1) is 0 Å². The Balaban J connectivity index is 2.01. The van der Waals surface area contributed by atoms with Gasteiger partial charge in [-0.15, -0.1) is 0 Å². The van der Waals surface area contributed by atoms with E-state index in [4.69, 9.17) is 0 Å². The van der Waals surface area contributed by atoms with Crippen LogP contribution in [-0.4, -0.2) is 22.6 Å². The number of hydrogen-bond donors (Lipinski definition) is 2. The fourth-order valence-electron chi connectivity index (χ4n) is 1.62. The summed E-state index contributed by atoms with van der Waals surface area (Å²) in [5.41, 5.74) is 1.44. The molecule has 0 saturated heterocycles. The van der Waals surface area contributed by atoms with Gasteiger partial charge in [0.1, 0.15) is 0 Å². The highest BCUT2D eigenvalue weighted by Gasteiger charge is 2.11. The second-order valence-corrected chi connectivity index (χ2v) is 4.00. The first-order valence-corrected chi connectivity index (χ1v) is 6.17. The Kier molecular flexibility index (Phi) is 4.49. The lowest BCUT2D eigenvalue weighted by Gasteiger charge is -2.10. The van der Waals surface area contributed by atoms with Crippen LogP contribution in [0.2, 0.25) is 0 Å². The van der Waals surface area contributed by atoms with E-state index in [1.807, 2.05) is 18.2 Å². The minimum atomic E-state index is -0.163. The highest BCUT2D eigenvalue weighted by atomic mass is 16.5. The standard InChI is InChI=1S/C13H16N4O2/c1-2-7-14-11-6-4-3-5-10(11)13(18)15-8-12-16-9-19-17-12/h3-6,9,14H,2,7-8H2,1H3,(H,15,18). The summed E-state index contributed by atoms with van der Waals surface area (Å²) in [4.78, 5) is 15.9. The maximum atomic E-state index is 12.1. The minimum Gasteiger partial charge on any atom is -0.384 e. The number of hydrogen-bond acceptors (Lipinski definition) is 5. The molecule has 2 rings (SSSR count). The van der Waals surface area contributed by atoms with Crippen molar-refractivity contribution < 1.29 is 9.32 Å². The molecule has 1 aromatic heterocycles. The van der Waals surface area contributed by atoms with Gasteiger partial charge in [-0.1, -0.05) is 24.2 Å². The molecule has 6 nitrogen and oxygen atoms in total. The molecule has 0 fully saturated rings. The fourth-order valence-corrected chi connectivity index (χ4v) is 1.62. The van der Waals surface area contributed by atoms with E-state index in [0.717, 1.165) is 18.7 Å². The second-order valence-electron chi connectivity index (χ2n) is 4.00. The lowest BCUT2D eigenvalue weighted by Crippen LogP contribution is -2.24. The van der Waals surface area contributed by atoms with Crippen LogP contribution >= 0.6 is 0 Å². The summed E-state index contributed by atoms with van der Waals surface area (Å²) < 4.78 is 4.60. The topological polar surface area (TPSA) is 80.0 Å². The number of carbonyl (C=O) groups is 1. The van der Waals surface area contributed by atoms with Crippen molar-refractivity contribution in [2.24, 2.45) is 0 Å². The van der Waals surface area contributed by atoms with E-state index >= 15 is 0 Å². The van der Waals surface area contributed by atoms with E-state index in [1.165, 1.54) is 6.39 Å². The average Bonchev–Trinajstić information content (AvgIpc) is 2.96. The normalized spacial score (nSPS) is 10.2. The van der Waals surface area contributed by atoms with Crippen LogP contribution in [-0.2, 0) is 6.54 Å². The van der Waals surface area contributed by atoms with Crippen molar-refractivity contribution in [3.05, 3.63) is 42.0 Å². The van der Waals surface area contributed by atoms with E-state index in [-0.39, 0.29) is 12.5 Å². The first kappa shape index (κ1) is 13.1. The van der Waals surface area contributed by atoms with Crippen molar-refractivity contribution >= 4 is 11.6 Å². The molecular weight excluding hydrogens is 244 g/mol. The first-order chi connectivity index (χ1) is 9.31. The van der Waals surface area contributed by atoms with Crippen molar-refractivity contribution in [1.29, 1.82) is 0 Å². The van der Waals surface area contributed by atoms with Crippen molar-refractivity contribution in [3.63, 3.8) is 0 Å². The lowest BCUT2D eigenvalue weighted by atomic mass is 10.1. The Morgan fingerprint density at radius 3 is 2.95 bits per heavy atom. The average molecular weight is 260 g/mol. The summed E-state index contributed by atoms with van der Waals surface area (Å²) in [6.07, 6.45) is 2.23. The van der Waals surface area contributed by atoms with Crippen LogP contribution in [0.5, 0.6) is 0 Å². The molecule has 2 aromatic rings. The van der Waals surface area contributed by atoms with Crippen LogP contribution in [0.25, 0.3) is 0 Å². The molecule has 6 heteroatoms. The number of aromatic nitrogens is 2. The number of para-hydroxylation sites is 1. The largest absolute Gasteiger partial charge is 0.384 e. The minimum absolute atomic E-state index is 0.163. The maximum absolute atomic E-state index is 12.1. The highest BCUT2D eigenvalue weighted by Crippen LogP contribution is 2.14. The van der Waals surface area contributed by atoms with Crippen LogP contribution in [0.3, 0.4) is 0 Å². The Labute approximate surface area is 111 Å². The number of amides is 1. The van der Waals surface area contributed by atoms with Gasteiger partial charge in [-0.25, -0.2) is 0 Å². The molecular formula is C13H16N4O2. The van der Waals surface area contributed by atoms with E-state index in [0.29, 0.717) is 11.4 Å². The van der Waals surface area contributed by atoms with Crippen LogP contribution in [0.4, 0.5) is 5.69 Å². The number of rotatable bonds is 6. The third-order valence-corrected chi connectivity index (χ3v) is 2.55. The van der Waals surface area contributed by atoms with E-state index in [1.54, 1.807) is 6.07 Å². The Morgan fingerprint density at radius 1 is 1.37 bits per heavy atom. The lowest BCUT2D eigenvalue weighted by molar-refractivity contribution is 0.0950. The molecule has 0 aliphatic carbocycles. The second kappa shape index (κ2) is 6.53. The molecule has 1 amide bonds. The summed E-state index contributed by atoms with van der Waals surface area (Å²) in [5, 5.41) is 9.62. The predicted octanol–water partition coefficient (Wildman–Crippen LogP) is 1.82. The smallest absolute Gasteiger partial charge is 0.253 e. The van der Waals surface area contributed by atoms with Gasteiger partial charge >= 0.3 is 0 Å². The molecule has 0 unspecified atom stereocenters.